The Balaban J connectivity index is 2.65. The Hall–Kier alpha value is -0.501. The van der Waals surface area contributed by atoms with Gasteiger partial charge in [0.15, 0.2) is 0 Å². The molecule has 1 aromatic rings. The van der Waals surface area contributed by atoms with Gasteiger partial charge in [-0.2, -0.15) is 0 Å². The molecule has 1 aliphatic heterocycles. The average Bonchev–Trinajstić information content (AvgIpc) is 2.68. The van der Waals surface area contributed by atoms with Crippen LogP contribution in [0.25, 0.3) is 6.08 Å². The topological polar surface area (TPSA) is 0 Å². The Bertz CT molecular complexity index is 564. The van der Waals surface area contributed by atoms with E-state index in [1.165, 1.54) is 40.1 Å². The van der Waals surface area contributed by atoms with E-state index in [4.69, 9.17) is 0 Å². The molecule has 2 rings (SSSR count). The average molecular weight is 417 g/mol. The number of rotatable bonds is 6. The number of hydrogen-bond donors (Lipinski definition) is 0. The van der Waals surface area contributed by atoms with Crippen molar-refractivity contribution in [2.45, 2.75) is 69.2 Å². The van der Waals surface area contributed by atoms with Crippen LogP contribution in [0.3, 0.4) is 0 Å². The van der Waals surface area contributed by atoms with Crippen molar-refractivity contribution in [2.24, 2.45) is 5.41 Å². The van der Waals surface area contributed by atoms with Gasteiger partial charge in [0.25, 0.3) is 0 Å². The Morgan fingerprint density at radius 3 is 2.09 bits per heavy atom. The molecule has 0 saturated heterocycles. The third-order valence-electron chi connectivity index (χ3n) is 5.25. The van der Waals surface area contributed by atoms with Gasteiger partial charge in [-0.3, -0.25) is 0 Å². The summed E-state index contributed by atoms with van der Waals surface area (Å²) in [6.45, 7) is 12.0. The van der Waals surface area contributed by atoms with Crippen molar-refractivity contribution in [3.63, 3.8) is 0 Å². The van der Waals surface area contributed by atoms with Crippen LogP contribution in [-0.2, 0) is 0 Å². The summed E-state index contributed by atoms with van der Waals surface area (Å²) in [6.07, 6.45) is 12.6. The van der Waals surface area contributed by atoms with Gasteiger partial charge < -0.3 is 0 Å². The Morgan fingerprint density at radius 1 is 0.913 bits per heavy atom. The molecule has 126 valence electrons. The van der Waals surface area contributed by atoms with Crippen LogP contribution in [0.4, 0.5) is 0 Å². The molecule has 1 aliphatic rings. The van der Waals surface area contributed by atoms with Crippen LogP contribution >= 0.6 is 0 Å². The van der Waals surface area contributed by atoms with Crippen LogP contribution in [0.15, 0.2) is 40.0 Å². The molecule has 1 heterocycles. The van der Waals surface area contributed by atoms with E-state index in [1.807, 2.05) is 3.59 Å². The minimum absolute atomic E-state index is 0.291. The predicted octanol–water partition coefficient (Wildman–Crippen LogP) is 6.48. The summed E-state index contributed by atoms with van der Waals surface area (Å²) in [4.78, 5) is 0. The number of hydrogen-bond acceptors (Lipinski definition) is 0. The van der Waals surface area contributed by atoms with Crippen molar-refractivity contribution < 1.29 is 0 Å². The molecule has 0 bridgehead atoms. The molecule has 0 N–H and O–H groups in total. The summed E-state index contributed by atoms with van der Waals surface area (Å²) in [5.41, 5.74) is 1.80. The Kier molecular flexibility index (Phi) is 6.59. The molecule has 0 fully saturated rings. The first-order valence-electron chi connectivity index (χ1n) is 9.44. The van der Waals surface area contributed by atoms with E-state index < -0.39 is 18.4 Å². The molecule has 1 heteroatoms. The maximum absolute atomic E-state index is 2.61. The van der Waals surface area contributed by atoms with Crippen LogP contribution in [-0.4, -0.2) is 18.4 Å². The summed E-state index contributed by atoms with van der Waals surface area (Å²) in [6, 6.07) is 9.31. The second-order valence-corrected chi connectivity index (χ2v) is 20.2. The van der Waals surface area contributed by atoms with Crippen molar-refractivity contribution in [1.29, 1.82) is 0 Å². The summed E-state index contributed by atoms with van der Waals surface area (Å²) >= 11 is -2.61. The third-order valence-corrected chi connectivity index (χ3v) is 21.9. The van der Waals surface area contributed by atoms with Gasteiger partial charge in [0.1, 0.15) is 0 Å². The first-order valence-corrected chi connectivity index (χ1v) is 16.3. The molecule has 0 aliphatic carbocycles. The molecule has 0 atom stereocenters. The molecular weight excluding hydrogens is 383 g/mol. The zero-order valence-corrected chi connectivity index (χ0v) is 18.6. The van der Waals surface area contributed by atoms with Gasteiger partial charge in [-0.05, 0) is 0 Å². The quantitative estimate of drug-likeness (QED) is 0.465. The zero-order valence-electron chi connectivity index (χ0n) is 15.8. The van der Waals surface area contributed by atoms with Gasteiger partial charge in [-0.15, -0.1) is 0 Å². The van der Waals surface area contributed by atoms with Gasteiger partial charge in [-0.1, -0.05) is 0 Å². The zero-order chi connectivity index (χ0) is 16.9. The van der Waals surface area contributed by atoms with Crippen molar-refractivity contribution in [1.82, 2.24) is 0 Å². The van der Waals surface area contributed by atoms with Gasteiger partial charge in [0, 0.05) is 0 Å². The van der Waals surface area contributed by atoms with Crippen LogP contribution in [0.5, 0.6) is 0 Å². The standard InChI is InChI=1S/C14H16.2C4H9.Sn/c1-14(2,3)12-8-7-11-13-9-5-4-6-10-13;2*1-3-4-2;/h4-9,11H,1-3H3;2*1,3-4H2,2H3;. The van der Waals surface area contributed by atoms with E-state index in [2.05, 4.69) is 77.1 Å². The molecule has 0 unspecified atom stereocenters. The van der Waals surface area contributed by atoms with E-state index in [1.54, 1.807) is 3.58 Å². The maximum atomic E-state index is 2.52. The van der Waals surface area contributed by atoms with Gasteiger partial charge in [0.2, 0.25) is 0 Å². The van der Waals surface area contributed by atoms with Crippen molar-refractivity contribution >= 4 is 28.0 Å². The molecule has 0 aromatic heterocycles. The number of allylic oxidation sites excluding steroid dienone is 3. The third kappa shape index (κ3) is 4.13. The fraction of sp³-hybridized carbons (Fsp3) is 0.545. The second-order valence-electron chi connectivity index (χ2n) is 8.07. The normalized spacial score (nSPS) is 16.7. The molecule has 0 saturated carbocycles. The van der Waals surface area contributed by atoms with Crippen molar-refractivity contribution in [2.75, 3.05) is 0 Å². The SMILES string of the molecule is CCC[CH2][Sn]1([CH2]CCC)[C](C(C)(C)C)=CC=Cc2cccc[c]21. The molecule has 0 nitrogen and oxygen atoms in total. The predicted molar refractivity (Wildman–Crippen MR) is 108 cm³/mol. The van der Waals surface area contributed by atoms with E-state index in [0.717, 1.165) is 0 Å². The first-order chi connectivity index (χ1) is 11.0. The van der Waals surface area contributed by atoms with Crippen LogP contribution < -0.4 is 3.58 Å². The second kappa shape index (κ2) is 8.05. The minimum atomic E-state index is -2.61. The van der Waals surface area contributed by atoms with E-state index in [-0.39, 0.29) is 0 Å². The van der Waals surface area contributed by atoms with Crippen LogP contribution in [0, 0.1) is 5.41 Å². The summed E-state index contributed by atoms with van der Waals surface area (Å²) in [5, 5.41) is 0. The summed E-state index contributed by atoms with van der Waals surface area (Å²) in [7, 11) is 0. The van der Waals surface area contributed by atoms with Gasteiger partial charge in [0.05, 0.1) is 0 Å². The van der Waals surface area contributed by atoms with E-state index in [9.17, 15) is 0 Å². The fourth-order valence-electron chi connectivity index (χ4n) is 4.22. The summed E-state index contributed by atoms with van der Waals surface area (Å²) in [5.74, 6) is 0. The summed E-state index contributed by atoms with van der Waals surface area (Å²) < 4.78 is 6.55. The number of unbranched alkanes of at least 4 members (excludes halogenated alkanes) is 2. The molecule has 23 heavy (non-hydrogen) atoms. The fourth-order valence-corrected chi connectivity index (χ4v) is 22.8. The van der Waals surface area contributed by atoms with Gasteiger partial charge >= 0.3 is 148 Å². The van der Waals surface area contributed by atoms with Gasteiger partial charge in [-0.25, -0.2) is 0 Å². The molecule has 0 spiro atoms. The Morgan fingerprint density at radius 2 is 1.52 bits per heavy atom. The molecule has 1 aromatic carbocycles. The van der Waals surface area contributed by atoms with E-state index >= 15 is 0 Å². The molecule has 0 radical (unpaired) electrons. The van der Waals surface area contributed by atoms with Crippen molar-refractivity contribution in [3.05, 3.63) is 45.6 Å². The van der Waals surface area contributed by atoms with Crippen molar-refractivity contribution in [3.8, 4) is 0 Å². The molecule has 0 amide bonds. The number of fused-ring (bicyclic) bond motifs is 1. The monoisotopic (exact) mass is 418 g/mol. The molecular formula is C22H34Sn. The number of benzene rings is 1. The first kappa shape index (κ1) is 18.8. The Labute approximate surface area is 148 Å². The van der Waals surface area contributed by atoms with Crippen LogP contribution in [0.2, 0.25) is 8.87 Å². The van der Waals surface area contributed by atoms with Crippen LogP contribution in [0.1, 0.15) is 65.9 Å². The van der Waals surface area contributed by atoms with E-state index in [0.29, 0.717) is 5.41 Å².